The Hall–Kier alpha value is -1.02. The number of benzene rings is 1. The molecule has 2 N–H and O–H groups in total. The summed E-state index contributed by atoms with van der Waals surface area (Å²) in [6, 6.07) is 7.27. The van der Waals surface area contributed by atoms with Crippen molar-refractivity contribution >= 4 is 0 Å². The molecule has 1 aromatic rings. The van der Waals surface area contributed by atoms with Crippen LogP contribution in [0.15, 0.2) is 18.2 Å². The molecule has 3 atom stereocenters. The molecule has 0 unspecified atom stereocenters. The Morgan fingerprint density at radius 1 is 1.14 bits per heavy atom. The lowest BCUT2D eigenvalue weighted by Crippen LogP contribution is -2.92. The van der Waals surface area contributed by atoms with E-state index in [1.165, 1.54) is 43.4 Å². The van der Waals surface area contributed by atoms with Gasteiger partial charge in [-0.15, -0.1) is 0 Å². The summed E-state index contributed by atoms with van der Waals surface area (Å²) in [5, 5.41) is 2.59. The van der Waals surface area contributed by atoms with Gasteiger partial charge in [0.05, 0.1) is 19.2 Å². The van der Waals surface area contributed by atoms with E-state index in [0.717, 1.165) is 36.7 Å². The molecule has 0 bridgehead atoms. The first-order chi connectivity index (χ1) is 10.6. The second-order valence-corrected chi connectivity index (χ2v) is 7.28. The van der Waals surface area contributed by atoms with Crippen LogP contribution in [-0.4, -0.2) is 19.2 Å². The van der Waals surface area contributed by atoms with Crippen molar-refractivity contribution in [1.82, 2.24) is 0 Å². The van der Waals surface area contributed by atoms with Crippen LogP contribution in [0.25, 0.3) is 0 Å². The second kappa shape index (κ2) is 8.57. The zero-order valence-electron chi connectivity index (χ0n) is 14.9. The molecule has 0 spiro atoms. The van der Waals surface area contributed by atoms with Crippen molar-refractivity contribution < 1.29 is 10.1 Å². The first kappa shape index (κ1) is 17.3. The molecule has 1 aliphatic rings. The highest BCUT2D eigenvalue weighted by Crippen LogP contribution is 2.27. The maximum absolute atomic E-state index is 5.91. The fraction of sp³-hybridized carbons (Fsp3) is 0.700. The molecule has 22 heavy (non-hydrogen) atoms. The van der Waals surface area contributed by atoms with Crippen LogP contribution in [0.5, 0.6) is 5.75 Å². The third kappa shape index (κ3) is 5.01. The van der Waals surface area contributed by atoms with Crippen LogP contribution >= 0.6 is 0 Å². The standard InChI is InChI=1S/C20H33NO/c1-15-10-11-20(17(3)14-15)22-13-6-5-12-21-19-9-7-8-16(2)18(19)4/h10-11,14,16,18-19,21H,5-9,12-13H2,1-4H3/p+1/t16-,18+,19+/m0/s1. The highest BCUT2D eigenvalue weighted by atomic mass is 16.5. The Bertz CT molecular complexity index is 457. The number of aryl methyl sites for hydroxylation is 2. The van der Waals surface area contributed by atoms with Gasteiger partial charge in [0.1, 0.15) is 5.75 Å². The molecular weight excluding hydrogens is 270 g/mol. The van der Waals surface area contributed by atoms with Gasteiger partial charge in [0, 0.05) is 5.92 Å². The molecule has 2 rings (SSSR count). The number of nitrogens with two attached hydrogens (primary N) is 1. The summed E-state index contributed by atoms with van der Waals surface area (Å²) in [7, 11) is 0. The predicted molar refractivity (Wildman–Crippen MR) is 93.4 cm³/mol. The molecule has 1 aromatic carbocycles. The van der Waals surface area contributed by atoms with Crippen LogP contribution in [0.2, 0.25) is 0 Å². The van der Waals surface area contributed by atoms with Crippen molar-refractivity contribution in [3.8, 4) is 5.75 Å². The van der Waals surface area contributed by atoms with Gasteiger partial charge in [0.2, 0.25) is 0 Å². The molecule has 0 aromatic heterocycles. The van der Waals surface area contributed by atoms with Crippen LogP contribution in [0.4, 0.5) is 0 Å². The molecule has 1 saturated carbocycles. The number of ether oxygens (including phenoxy) is 1. The van der Waals surface area contributed by atoms with Gasteiger partial charge in [0.25, 0.3) is 0 Å². The van der Waals surface area contributed by atoms with Crippen LogP contribution in [0.3, 0.4) is 0 Å². The minimum atomic E-state index is 0.842. The Kier molecular flexibility index (Phi) is 6.75. The molecule has 124 valence electrons. The van der Waals surface area contributed by atoms with Crippen LogP contribution < -0.4 is 10.1 Å². The maximum atomic E-state index is 5.91. The predicted octanol–water partition coefficient (Wildman–Crippen LogP) is 3.85. The zero-order chi connectivity index (χ0) is 15.9. The van der Waals surface area contributed by atoms with Crippen molar-refractivity contribution in [2.75, 3.05) is 13.2 Å². The Morgan fingerprint density at radius 2 is 1.95 bits per heavy atom. The molecule has 0 radical (unpaired) electrons. The van der Waals surface area contributed by atoms with Crippen molar-refractivity contribution in [2.45, 2.75) is 65.8 Å². The van der Waals surface area contributed by atoms with E-state index in [2.05, 4.69) is 51.2 Å². The Labute approximate surface area is 136 Å². The van der Waals surface area contributed by atoms with E-state index in [0.29, 0.717) is 0 Å². The first-order valence-electron chi connectivity index (χ1n) is 9.11. The number of hydrogen-bond donors (Lipinski definition) is 1. The third-order valence-electron chi connectivity index (χ3n) is 5.43. The van der Waals surface area contributed by atoms with E-state index in [1.807, 2.05) is 0 Å². The summed E-state index contributed by atoms with van der Waals surface area (Å²) < 4.78 is 5.91. The second-order valence-electron chi connectivity index (χ2n) is 7.28. The van der Waals surface area contributed by atoms with Gasteiger partial charge in [0.15, 0.2) is 0 Å². The molecule has 1 fully saturated rings. The van der Waals surface area contributed by atoms with Gasteiger partial charge in [-0.05, 0) is 63.5 Å². The molecule has 0 aliphatic heterocycles. The number of unbranched alkanes of at least 4 members (excludes halogenated alkanes) is 1. The van der Waals surface area contributed by atoms with E-state index in [4.69, 9.17) is 4.74 Å². The molecule has 2 heteroatoms. The fourth-order valence-electron chi connectivity index (χ4n) is 3.68. The fourth-order valence-corrected chi connectivity index (χ4v) is 3.68. The first-order valence-corrected chi connectivity index (χ1v) is 9.11. The molecule has 0 heterocycles. The van der Waals surface area contributed by atoms with E-state index in [1.54, 1.807) is 0 Å². The number of rotatable bonds is 7. The summed E-state index contributed by atoms with van der Waals surface area (Å²) in [5.41, 5.74) is 2.55. The Balaban J connectivity index is 1.59. The number of hydrogen-bond acceptors (Lipinski definition) is 1. The van der Waals surface area contributed by atoms with E-state index in [-0.39, 0.29) is 0 Å². The topological polar surface area (TPSA) is 25.8 Å². The van der Waals surface area contributed by atoms with Crippen molar-refractivity contribution in [3.63, 3.8) is 0 Å². The lowest BCUT2D eigenvalue weighted by molar-refractivity contribution is -0.699. The molecular formula is C20H34NO+. The van der Waals surface area contributed by atoms with Gasteiger partial charge in [-0.2, -0.15) is 0 Å². The maximum Gasteiger partial charge on any atom is 0.122 e. The van der Waals surface area contributed by atoms with Crippen LogP contribution in [-0.2, 0) is 0 Å². The lowest BCUT2D eigenvalue weighted by Gasteiger charge is -2.32. The third-order valence-corrected chi connectivity index (χ3v) is 5.43. The average molecular weight is 304 g/mol. The minimum absolute atomic E-state index is 0.842. The monoisotopic (exact) mass is 304 g/mol. The molecule has 0 amide bonds. The summed E-state index contributed by atoms with van der Waals surface area (Å²) in [6.07, 6.45) is 6.66. The normalized spacial score (nSPS) is 25.2. The largest absolute Gasteiger partial charge is 0.493 e. The van der Waals surface area contributed by atoms with Crippen molar-refractivity contribution in [2.24, 2.45) is 11.8 Å². The van der Waals surface area contributed by atoms with Gasteiger partial charge in [-0.25, -0.2) is 0 Å². The SMILES string of the molecule is Cc1ccc(OCCCC[NH2+][C@@H]2CCC[C@H](C)[C@H]2C)c(C)c1. The quantitative estimate of drug-likeness (QED) is 0.761. The number of quaternary nitrogens is 1. The van der Waals surface area contributed by atoms with Gasteiger partial charge < -0.3 is 10.1 Å². The summed E-state index contributed by atoms with van der Waals surface area (Å²) >= 11 is 0. The van der Waals surface area contributed by atoms with Gasteiger partial charge >= 0.3 is 0 Å². The molecule has 1 aliphatic carbocycles. The van der Waals surface area contributed by atoms with E-state index in [9.17, 15) is 0 Å². The summed E-state index contributed by atoms with van der Waals surface area (Å²) in [5.74, 6) is 2.83. The molecule has 2 nitrogen and oxygen atoms in total. The summed E-state index contributed by atoms with van der Waals surface area (Å²) in [6.45, 7) is 11.2. The van der Waals surface area contributed by atoms with E-state index < -0.39 is 0 Å². The van der Waals surface area contributed by atoms with Crippen molar-refractivity contribution in [3.05, 3.63) is 29.3 Å². The average Bonchev–Trinajstić information content (AvgIpc) is 2.48. The van der Waals surface area contributed by atoms with Crippen LogP contribution in [0, 0.1) is 25.7 Å². The van der Waals surface area contributed by atoms with E-state index >= 15 is 0 Å². The lowest BCUT2D eigenvalue weighted by atomic mass is 9.78. The zero-order valence-corrected chi connectivity index (χ0v) is 14.9. The van der Waals surface area contributed by atoms with Gasteiger partial charge in [-0.3, -0.25) is 0 Å². The van der Waals surface area contributed by atoms with Crippen molar-refractivity contribution in [1.29, 1.82) is 0 Å². The van der Waals surface area contributed by atoms with Crippen LogP contribution in [0.1, 0.15) is 57.1 Å². The molecule has 0 saturated heterocycles. The smallest absolute Gasteiger partial charge is 0.122 e. The minimum Gasteiger partial charge on any atom is -0.493 e. The Morgan fingerprint density at radius 3 is 2.73 bits per heavy atom. The summed E-state index contributed by atoms with van der Waals surface area (Å²) in [4.78, 5) is 0. The highest BCUT2D eigenvalue weighted by molar-refractivity contribution is 5.35. The highest BCUT2D eigenvalue weighted by Gasteiger charge is 2.29. The van der Waals surface area contributed by atoms with Gasteiger partial charge in [-0.1, -0.05) is 31.5 Å².